The predicted molar refractivity (Wildman–Crippen MR) is 41.6 cm³/mol. The lowest BCUT2D eigenvalue weighted by Crippen LogP contribution is -2.39. The van der Waals surface area contributed by atoms with Crippen LogP contribution in [0.5, 0.6) is 0 Å². The Hall–Kier alpha value is -0.370. The van der Waals surface area contributed by atoms with E-state index in [1.165, 1.54) is 6.42 Å². The van der Waals surface area contributed by atoms with Gasteiger partial charge in [-0.25, -0.2) is 0 Å². The van der Waals surface area contributed by atoms with Gasteiger partial charge in [0, 0.05) is 12.8 Å². The maximum absolute atomic E-state index is 7.62. The summed E-state index contributed by atoms with van der Waals surface area (Å²) in [6, 6.07) is 0. The molecule has 2 heteroatoms. The molecule has 1 saturated carbocycles. The molecule has 0 aliphatic heterocycles. The number of rotatable bonds is 1. The smallest absolute Gasteiger partial charge is 0.102 e. The first kappa shape index (κ1) is 7.73. The van der Waals surface area contributed by atoms with Crippen molar-refractivity contribution in [3.8, 4) is 0 Å². The van der Waals surface area contributed by atoms with Crippen LogP contribution in [0.3, 0.4) is 0 Å². The Labute approximate surface area is 62.1 Å². The van der Waals surface area contributed by atoms with Gasteiger partial charge < -0.3 is 10.1 Å². The zero-order chi connectivity index (χ0) is 7.61. The second-order valence-electron chi connectivity index (χ2n) is 3.12. The van der Waals surface area contributed by atoms with Crippen molar-refractivity contribution < 1.29 is 4.74 Å². The number of methoxy groups -OCH3 is 1. The number of ether oxygens (including phenoxy) is 1. The largest absolute Gasteiger partial charge is 0.373 e. The molecule has 1 fully saturated rings. The Morgan fingerprint density at radius 1 is 1.50 bits per heavy atom. The van der Waals surface area contributed by atoms with Crippen LogP contribution in [0.25, 0.3) is 0 Å². The molecule has 0 aromatic rings. The van der Waals surface area contributed by atoms with E-state index in [1.807, 2.05) is 6.92 Å². The van der Waals surface area contributed by atoms with E-state index in [-0.39, 0.29) is 5.60 Å². The molecule has 1 N–H and O–H groups in total. The third-order valence-corrected chi connectivity index (χ3v) is 2.42. The van der Waals surface area contributed by atoms with Crippen molar-refractivity contribution in [3.05, 3.63) is 0 Å². The van der Waals surface area contributed by atoms with Crippen LogP contribution in [-0.4, -0.2) is 18.4 Å². The lowest BCUT2D eigenvalue weighted by atomic mass is 9.84. The molecular formula is C8H15NO. The monoisotopic (exact) mass is 141 g/mol. The molecule has 0 heterocycles. The van der Waals surface area contributed by atoms with Gasteiger partial charge in [-0.2, -0.15) is 0 Å². The lowest BCUT2D eigenvalue weighted by molar-refractivity contribution is 0.0482. The topological polar surface area (TPSA) is 33.1 Å². The summed E-state index contributed by atoms with van der Waals surface area (Å²) in [6.07, 6.45) is 4.30. The zero-order valence-electron chi connectivity index (χ0n) is 6.74. The molecular weight excluding hydrogens is 126 g/mol. The van der Waals surface area contributed by atoms with Gasteiger partial charge in [-0.05, 0) is 32.6 Å². The Balaban J connectivity index is 2.63. The fourth-order valence-electron chi connectivity index (χ4n) is 1.40. The first-order valence-electron chi connectivity index (χ1n) is 3.82. The molecule has 0 aromatic carbocycles. The van der Waals surface area contributed by atoms with Gasteiger partial charge in [0.25, 0.3) is 0 Å². The van der Waals surface area contributed by atoms with Crippen molar-refractivity contribution in [2.75, 3.05) is 7.11 Å². The Morgan fingerprint density at radius 3 is 2.60 bits per heavy atom. The van der Waals surface area contributed by atoms with E-state index in [4.69, 9.17) is 10.1 Å². The highest BCUT2D eigenvalue weighted by Crippen LogP contribution is 2.27. The van der Waals surface area contributed by atoms with Gasteiger partial charge in [0.15, 0.2) is 0 Å². The lowest BCUT2D eigenvalue weighted by Gasteiger charge is -2.32. The minimum absolute atomic E-state index is 0.238. The summed E-state index contributed by atoms with van der Waals surface area (Å²) < 4.78 is 5.27. The molecule has 0 radical (unpaired) electrons. The molecule has 1 aliphatic carbocycles. The molecule has 1 rings (SSSR count). The molecule has 58 valence electrons. The maximum Gasteiger partial charge on any atom is 0.102 e. The second-order valence-corrected chi connectivity index (χ2v) is 3.12. The SMILES string of the molecule is COC1(C)CCCCC1=N. The first-order chi connectivity index (χ1) is 4.69. The van der Waals surface area contributed by atoms with E-state index < -0.39 is 0 Å². The van der Waals surface area contributed by atoms with E-state index in [0.717, 1.165) is 25.0 Å². The van der Waals surface area contributed by atoms with Gasteiger partial charge in [0.2, 0.25) is 0 Å². The average Bonchev–Trinajstić information content (AvgIpc) is 1.96. The zero-order valence-corrected chi connectivity index (χ0v) is 6.74. The molecule has 0 saturated heterocycles. The third-order valence-electron chi connectivity index (χ3n) is 2.42. The van der Waals surface area contributed by atoms with E-state index in [1.54, 1.807) is 7.11 Å². The van der Waals surface area contributed by atoms with Gasteiger partial charge in [-0.15, -0.1) is 0 Å². The minimum atomic E-state index is -0.238. The van der Waals surface area contributed by atoms with Crippen LogP contribution >= 0.6 is 0 Å². The van der Waals surface area contributed by atoms with Crippen LogP contribution in [0.15, 0.2) is 0 Å². The Morgan fingerprint density at radius 2 is 2.20 bits per heavy atom. The molecule has 1 aliphatic rings. The highest BCUT2D eigenvalue weighted by Gasteiger charge is 2.31. The second kappa shape index (κ2) is 2.70. The van der Waals surface area contributed by atoms with E-state index >= 15 is 0 Å². The van der Waals surface area contributed by atoms with Crippen LogP contribution < -0.4 is 0 Å². The molecule has 10 heavy (non-hydrogen) atoms. The number of hydrogen-bond acceptors (Lipinski definition) is 2. The molecule has 1 unspecified atom stereocenters. The van der Waals surface area contributed by atoms with Crippen molar-refractivity contribution in [3.63, 3.8) is 0 Å². The molecule has 0 spiro atoms. The van der Waals surface area contributed by atoms with Gasteiger partial charge >= 0.3 is 0 Å². The molecule has 0 aromatic heterocycles. The number of nitrogens with one attached hydrogen (secondary N) is 1. The molecule has 2 nitrogen and oxygen atoms in total. The van der Waals surface area contributed by atoms with Crippen LogP contribution in [-0.2, 0) is 4.74 Å². The Kier molecular flexibility index (Phi) is 2.09. The maximum atomic E-state index is 7.62. The quantitative estimate of drug-likeness (QED) is 0.595. The first-order valence-corrected chi connectivity index (χ1v) is 3.82. The highest BCUT2D eigenvalue weighted by atomic mass is 16.5. The van der Waals surface area contributed by atoms with Crippen molar-refractivity contribution >= 4 is 5.71 Å². The Bertz CT molecular complexity index is 144. The average molecular weight is 141 g/mol. The van der Waals surface area contributed by atoms with E-state index in [9.17, 15) is 0 Å². The standard InChI is InChI=1S/C8H15NO/c1-8(10-2)6-4-3-5-7(8)9/h9H,3-6H2,1-2H3. The van der Waals surface area contributed by atoms with Crippen molar-refractivity contribution in [1.29, 1.82) is 5.41 Å². The van der Waals surface area contributed by atoms with Crippen LogP contribution in [0.1, 0.15) is 32.6 Å². The van der Waals surface area contributed by atoms with Gasteiger partial charge in [-0.3, -0.25) is 0 Å². The van der Waals surface area contributed by atoms with E-state index in [2.05, 4.69) is 0 Å². The van der Waals surface area contributed by atoms with Gasteiger partial charge in [0.1, 0.15) is 5.60 Å². The summed E-state index contributed by atoms with van der Waals surface area (Å²) in [5.41, 5.74) is 0.527. The van der Waals surface area contributed by atoms with Gasteiger partial charge in [-0.1, -0.05) is 0 Å². The summed E-state index contributed by atoms with van der Waals surface area (Å²) in [7, 11) is 1.69. The summed E-state index contributed by atoms with van der Waals surface area (Å²) in [5, 5.41) is 7.62. The van der Waals surface area contributed by atoms with Crippen molar-refractivity contribution in [1.82, 2.24) is 0 Å². The fourth-order valence-corrected chi connectivity index (χ4v) is 1.40. The summed E-state index contributed by atoms with van der Waals surface area (Å²) in [5.74, 6) is 0. The fraction of sp³-hybridized carbons (Fsp3) is 0.875. The van der Waals surface area contributed by atoms with E-state index in [0.29, 0.717) is 0 Å². The predicted octanol–water partition coefficient (Wildman–Crippen LogP) is 1.99. The molecule has 0 amide bonds. The normalized spacial score (nSPS) is 34.4. The van der Waals surface area contributed by atoms with Crippen LogP contribution in [0, 0.1) is 5.41 Å². The molecule has 1 atom stereocenters. The third kappa shape index (κ3) is 1.21. The highest BCUT2D eigenvalue weighted by molar-refractivity contribution is 5.90. The minimum Gasteiger partial charge on any atom is -0.373 e. The summed E-state index contributed by atoms with van der Waals surface area (Å²) >= 11 is 0. The summed E-state index contributed by atoms with van der Waals surface area (Å²) in [4.78, 5) is 0. The van der Waals surface area contributed by atoms with Crippen molar-refractivity contribution in [2.24, 2.45) is 0 Å². The van der Waals surface area contributed by atoms with Crippen LogP contribution in [0.2, 0.25) is 0 Å². The van der Waals surface area contributed by atoms with Crippen LogP contribution in [0.4, 0.5) is 0 Å². The molecule has 0 bridgehead atoms. The van der Waals surface area contributed by atoms with Gasteiger partial charge in [0.05, 0.1) is 0 Å². The van der Waals surface area contributed by atoms with Crippen molar-refractivity contribution in [2.45, 2.75) is 38.2 Å². The number of hydrogen-bond donors (Lipinski definition) is 1. The summed E-state index contributed by atoms with van der Waals surface area (Å²) in [6.45, 7) is 2.01.